The fourth-order valence-electron chi connectivity index (χ4n) is 3.39. The van der Waals surface area contributed by atoms with Crippen molar-refractivity contribution in [3.63, 3.8) is 0 Å². The average molecular weight is 274 g/mol. The third-order valence-electron chi connectivity index (χ3n) is 4.62. The Bertz CT molecular complexity index is 439. The highest BCUT2D eigenvalue weighted by Crippen LogP contribution is 2.25. The van der Waals surface area contributed by atoms with Crippen LogP contribution in [0.2, 0.25) is 0 Å². The molecule has 2 N–H and O–H groups in total. The number of β-amino-alcohol motifs (C(OH)–C–C–N with tert-alkyl or cyclic N) is 1. The van der Waals surface area contributed by atoms with E-state index in [2.05, 4.69) is 28.4 Å². The van der Waals surface area contributed by atoms with Crippen LogP contribution in [-0.2, 0) is 12.8 Å². The van der Waals surface area contributed by atoms with Gasteiger partial charge in [-0.25, -0.2) is 0 Å². The van der Waals surface area contributed by atoms with E-state index in [1.165, 1.54) is 43.2 Å². The van der Waals surface area contributed by atoms with Crippen molar-refractivity contribution >= 4 is 0 Å². The van der Waals surface area contributed by atoms with Crippen molar-refractivity contribution in [3.05, 3.63) is 34.9 Å². The highest BCUT2D eigenvalue weighted by Gasteiger charge is 2.17. The van der Waals surface area contributed by atoms with Gasteiger partial charge in [0.1, 0.15) is 0 Å². The van der Waals surface area contributed by atoms with E-state index in [-0.39, 0.29) is 6.10 Å². The topological polar surface area (TPSA) is 35.5 Å². The largest absolute Gasteiger partial charge is 0.387 e. The molecule has 0 radical (unpaired) electrons. The van der Waals surface area contributed by atoms with Gasteiger partial charge in [-0.1, -0.05) is 18.2 Å². The summed E-state index contributed by atoms with van der Waals surface area (Å²) in [6.07, 6.45) is 5.84. The molecule has 110 valence electrons. The molecule has 1 heterocycles. The minimum Gasteiger partial charge on any atom is -0.387 e. The Morgan fingerprint density at radius 2 is 1.90 bits per heavy atom. The van der Waals surface area contributed by atoms with Crippen LogP contribution in [0.1, 0.15) is 42.1 Å². The molecule has 3 rings (SSSR count). The Morgan fingerprint density at radius 3 is 2.80 bits per heavy atom. The maximum atomic E-state index is 10.5. The van der Waals surface area contributed by atoms with Crippen molar-refractivity contribution in [2.24, 2.45) is 0 Å². The average Bonchev–Trinajstić information content (AvgIpc) is 2.75. The minimum absolute atomic E-state index is 0.347. The molecule has 20 heavy (non-hydrogen) atoms. The number of rotatable bonds is 3. The van der Waals surface area contributed by atoms with Gasteiger partial charge in [0.05, 0.1) is 6.10 Å². The summed E-state index contributed by atoms with van der Waals surface area (Å²) in [5.41, 5.74) is 4.05. The van der Waals surface area contributed by atoms with E-state index in [0.29, 0.717) is 0 Å². The zero-order valence-electron chi connectivity index (χ0n) is 12.3. The van der Waals surface area contributed by atoms with E-state index in [0.717, 1.165) is 38.3 Å². The van der Waals surface area contributed by atoms with Gasteiger partial charge in [0.25, 0.3) is 0 Å². The first-order valence-corrected chi connectivity index (χ1v) is 8.06. The monoisotopic (exact) mass is 274 g/mol. The predicted molar refractivity (Wildman–Crippen MR) is 82.0 cm³/mol. The first kappa shape index (κ1) is 14.1. The van der Waals surface area contributed by atoms with Crippen LogP contribution in [0.5, 0.6) is 0 Å². The van der Waals surface area contributed by atoms with Crippen LogP contribution in [-0.4, -0.2) is 42.7 Å². The SMILES string of the molecule is OC(CN1CCCNCC1)c1ccc2c(c1)CCCC2. The number of aryl methyl sites for hydroxylation is 2. The molecule has 0 bridgehead atoms. The molecule has 1 unspecified atom stereocenters. The van der Waals surface area contributed by atoms with Crippen LogP contribution in [0.15, 0.2) is 18.2 Å². The highest BCUT2D eigenvalue weighted by molar-refractivity contribution is 5.34. The normalized spacial score (nSPS) is 22.1. The minimum atomic E-state index is -0.347. The Morgan fingerprint density at radius 1 is 1.05 bits per heavy atom. The fraction of sp³-hybridized carbons (Fsp3) is 0.647. The Labute approximate surface area is 122 Å². The summed E-state index contributed by atoms with van der Waals surface area (Å²) in [4.78, 5) is 2.38. The molecule has 0 spiro atoms. The van der Waals surface area contributed by atoms with E-state index in [1.54, 1.807) is 0 Å². The molecule has 1 aromatic rings. The second kappa shape index (κ2) is 6.70. The lowest BCUT2D eigenvalue weighted by Gasteiger charge is -2.24. The van der Waals surface area contributed by atoms with E-state index in [4.69, 9.17) is 0 Å². The summed E-state index contributed by atoms with van der Waals surface area (Å²) < 4.78 is 0. The molecular formula is C17H26N2O. The van der Waals surface area contributed by atoms with E-state index < -0.39 is 0 Å². The summed E-state index contributed by atoms with van der Waals surface area (Å²) in [6, 6.07) is 6.61. The van der Waals surface area contributed by atoms with Gasteiger partial charge in [-0.15, -0.1) is 0 Å². The second-order valence-electron chi connectivity index (χ2n) is 6.16. The van der Waals surface area contributed by atoms with Crippen LogP contribution < -0.4 is 5.32 Å². The van der Waals surface area contributed by atoms with Crippen molar-refractivity contribution in [3.8, 4) is 0 Å². The summed E-state index contributed by atoms with van der Waals surface area (Å²) in [7, 11) is 0. The molecule has 0 saturated carbocycles. The quantitative estimate of drug-likeness (QED) is 0.883. The second-order valence-corrected chi connectivity index (χ2v) is 6.16. The molecule has 1 saturated heterocycles. The first-order chi connectivity index (χ1) is 9.83. The molecule has 3 nitrogen and oxygen atoms in total. The van der Waals surface area contributed by atoms with Crippen molar-refractivity contribution < 1.29 is 5.11 Å². The standard InChI is InChI=1S/C17H26N2O/c20-17(13-19-10-3-8-18-9-11-19)16-7-6-14-4-1-2-5-15(14)12-16/h6-7,12,17-18,20H,1-5,8-11,13H2. The molecule has 1 fully saturated rings. The number of aliphatic hydroxyl groups is 1. The Kier molecular flexibility index (Phi) is 4.71. The Balaban J connectivity index is 1.65. The number of benzene rings is 1. The van der Waals surface area contributed by atoms with Crippen LogP contribution in [0.25, 0.3) is 0 Å². The number of hydrogen-bond acceptors (Lipinski definition) is 3. The van der Waals surface area contributed by atoms with Gasteiger partial charge in [0.2, 0.25) is 0 Å². The summed E-state index contributed by atoms with van der Waals surface area (Å²) in [6.45, 7) is 5.04. The number of fused-ring (bicyclic) bond motifs is 1. The van der Waals surface area contributed by atoms with Gasteiger partial charge in [-0.2, -0.15) is 0 Å². The third-order valence-corrected chi connectivity index (χ3v) is 4.62. The van der Waals surface area contributed by atoms with E-state index >= 15 is 0 Å². The van der Waals surface area contributed by atoms with Crippen molar-refractivity contribution in [2.75, 3.05) is 32.7 Å². The van der Waals surface area contributed by atoms with Gasteiger partial charge in [0.15, 0.2) is 0 Å². The number of hydrogen-bond donors (Lipinski definition) is 2. The third kappa shape index (κ3) is 3.40. The fourth-order valence-corrected chi connectivity index (χ4v) is 3.39. The van der Waals surface area contributed by atoms with Crippen LogP contribution in [0.3, 0.4) is 0 Å². The van der Waals surface area contributed by atoms with E-state index in [9.17, 15) is 5.11 Å². The van der Waals surface area contributed by atoms with Gasteiger partial charge in [-0.05, 0) is 61.9 Å². The lowest BCUT2D eigenvalue weighted by Crippen LogP contribution is -2.32. The summed E-state index contributed by atoms with van der Waals surface area (Å²) in [5, 5.41) is 13.9. The van der Waals surface area contributed by atoms with E-state index in [1.807, 2.05) is 0 Å². The van der Waals surface area contributed by atoms with Crippen LogP contribution in [0.4, 0.5) is 0 Å². The molecular weight excluding hydrogens is 248 g/mol. The highest BCUT2D eigenvalue weighted by atomic mass is 16.3. The van der Waals surface area contributed by atoms with Crippen molar-refractivity contribution in [2.45, 2.75) is 38.2 Å². The number of nitrogens with one attached hydrogen (secondary N) is 1. The lowest BCUT2D eigenvalue weighted by atomic mass is 9.89. The molecule has 0 aromatic heterocycles. The molecule has 0 amide bonds. The maximum absolute atomic E-state index is 10.5. The zero-order valence-corrected chi connectivity index (χ0v) is 12.3. The molecule has 2 aliphatic rings. The van der Waals surface area contributed by atoms with Crippen molar-refractivity contribution in [1.82, 2.24) is 10.2 Å². The molecule has 3 heteroatoms. The lowest BCUT2D eigenvalue weighted by molar-refractivity contribution is 0.116. The van der Waals surface area contributed by atoms with Crippen LogP contribution in [0, 0.1) is 0 Å². The first-order valence-electron chi connectivity index (χ1n) is 8.06. The van der Waals surface area contributed by atoms with Gasteiger partial charge in [-0.3, -0.25) is 4.90 Å². The molecule has 1 aliphatic heterocycles. The molecule has 1 aromatic carbocycles. The van der Waals surface area contributed by atoms with Crippen molar-refractivity contribution in [1.29, 1.82) is 0 Å². The number of nitrogens with zero attached hydrogens (tertiary/aromatic N) is 1. The van der Waals surface area contributed by atoms with Gasteiger partial charge < -0.3 is 10.4 Å². The molecule has 1 aliphatic carbocycles. The smallest absolute Gasteiger partial charge is 0.0917 e. The van der Waals surface area contributed by atoms with Crippen LogP contribution >= 0.6 is 0 Å². The predicted octanol–water partition coefficient (Wildman–Crippen LogP) is 1.89. The summed E-state index contributed by atoms with van der Waals surface area (Å²) >= 11 is 0. The van der Waals surface area contributed by atoms with Gasteiger partial charge >= 0.3 is 0 Å². The molecule has 1 atom stereocenters. The maximum Gasteiger partial charge on any atom is 0.0917 e. The zero-order chi connectivity index (χ0) is 13.8. The number of aliphatic hydroxyl groups excluding tert-OH is 1. The van der Waals surface area contributed by atoms with Gasteiger partial charge in [0, 0.05) is 19.6 Å². The summed E-state index contributed by atoms with van der Waals surface area (Å²) in [5.74, 6) is 0. The Hall–Kier alpha value is -0.900.